The average molecular weight is 535 g/mol. The summed E-state index contributed by atoms with van der Waals surface area (Å²) in [5.74, 6) is -0.340. The number of amides is 2. The molecule has 4 heterocycles. The molecule has 3 aliphatic rings. The highest BCUT2D eigenvalue weighted by atomic mass is 19.3. The molecule has 6 rings (SSSR count). The van der Waals surface area contributed by atoms with Crippen LogP contribution in [0.2, 0.25) is 0 Å². The number of hydrogen-bond donors (Lipinski definition) is 1. The summed E-state index contributed by atoms with van der Waals surface area (Å²) in [6, 6.07) is 9.13. The van der Waals surface area contributed by atoms with E-state index < -0.39 is 18.6 Å². The number of aromatic nitrogens is 3. The van der Waals surface area contributed by atoms with E-state index in [4.69, 9.17) is 10.8 Å². The first-order valence-electron chi connectivity index (χ1n) is 13.0. The molecule has 2 N–H and O–H groups in total. The normalized spacial score (nSPS) is 18.5. The Labute approximate surface area is 223 Å². The molecule has 9 nitrogen and oxygen atoms in total. The smallest absolute Gasteiger partial charge is 0.388 e. The maximum absolute atomic E-state index is 13.8. The van der Waals surface area contributed by atoms with Crippen molar-refractivity contribution in [3.8, 4) is 11.6 Å². The van der Waals surface area contributed by atoms with Gasteiger partial charge in [0.15, 0.2) is 0 Å². The molecular weight excluding hydrogens is 506 g/mol. The quantitative estimate of drug-likeness (QED) is 0.484. The summed E-state index contributed by atoms with van der Waals surface area (Å²) in [6.45, 7) is 1.63. The number of carbonyl (C=O) groups is 2. The maximum atomic E-state index is 13.8. The van der Waals surface area contributed by atoms with Crippen molar-refractivity contribution < 1.29 is 23.1 Å². The lowest BCUT2D eigenvalue weighted by molar-refractivity contribution is -0.126. The van der Waals surface area contributed by atoms with Crippen LogP contribution in [0.4, 0.5) is 14.5 Å². The summed E-state index contributed by atoms with van der Waals surface area (Å²) >= 11 is 0. The monoisotopic (exact) mass is 534 g/mol. The molecule has 2 aliphatic heterocycles. The van der Waals surface area contributed by atoms with Crippen molar-refractivity contribution in [3.63, 3.8) is 0 Å². The van der Waals surface area contributed by atoms with Gasteiger partial charge in [0, 0.05) is 50.3 Å². The molecule has 1 aromatic carbocycles. The van der Waals surface area contributed by atoms with E-state index in [0.29, 0.717) is 31.8 Å². The topological polar surface area (TPSA) is 107 Å². The lowest BCUT2D eigenvalue weighted by atomic mass is 9.94. The van der Waals surface area contributed by atoms with Gasteiger partial charge in [-0.05, 0) is 42.5 Å². The third kappa shape index (κ3) is 4.62. The fourth-order valence-corrected chi connectivity index (χ4v) is 5.62. The highest BCUT2D eigenvalue weighted by Crippen LogP contribution is 2.41. The van der Waals surface area contributed by atoms with E-state index in [1.165, 1.54) is 24.5 Å². The number of nitrogens with zero attached hydrogens (tertiary/aromatic N) is 5. The zero-order chi connectivity index (χ0) is 27.3. The van der Waals surface area contributed by atoms with Gasteiger partial charge in [0.2, 0.25) is 11.8 Å². The number of halogens is 2. The number of benzene rings is 1. The molecule has 0 spiro atoms. The molecule has 0 unspecified atom stereocenters. The van der Waals surface area contributed by atoms with Gasteiger partial charge in [-0.25, -0.2) is 9.67 Å². The van der Waals surface area contributed by atoms with Crippen LogP contribution in [0.25, 0.3) is 5.69 Å². The Kier molecular flexibility index (Phi) is 6.28. The molecular formula is C28H28F2N6O3. The van der Waals surface area contributed by atoms with Crippen molar-refractivity contribution in [2.75, 3.05) is 25.4 Å². The number of nitrogens with two attached hydrogens (primary N) is 1. The SMILES string of the molecule is C=CC(=O)N1CCc2nn(-c3ccc(C4CC4)cc3)c3c2[C@H](C1)N(C(=O)c1cnc(OC(F)F)cc1N)CC3. The number of hydrogen-bond acceptors (Lipinski definition) is 6. The Morgan fingerprint density at radius 3 is 2.59 bits per heavy atom. The molecule has 0 saturated heterocycles. The number of alkyl halides is 2. The van der Waals surface area contributed by atoms with Gasteiger partial charge in [-0.2, -0.15) is 13.9 Å². The van der Waals surface area contributed by atoms with Crippen LogP contribution in [-0.2, 0) is 17.6 Å². The fourth-order valence-electron chi connectivity index (χ4n) is 5.62. The first-order chi connectivity index (χ1) is 18.8. The van der Waals surface area contributed by atoms with Crippen LogP contribution in [0.15, 0.2) is 49.2 Å². The average Bonchev–Trinajstić information content (AvgIpc) is 3.73. The number of nitrogen functional groups attached to an aromatic ring is 1. The Morgan fingerprint density at radius 2 is 1.92 bits per heavy atom. The van der Waals surface area contributed by atoms with Crippen LogP contribution < -0.4 is 10.5 Å². The van der Waals surface area contributed by atoms with Crippen molar-refractivity contribution in [3.05, 3.63) is 77.3 Å². The lowest BCUT2D eigenvalue weighted by Crippen LogP contribution is -2.46. The minimum atomic E-state index is -3.06. The number of carbonyl (C=O) groups excluding carboxylic acids is 2. The number of ether oxygens (including phenoxy) is 1. The zero-order valence-corrected chi connectivity index (χ0v) is 21.2. The van der Waals surface area contributed by atoms with Crippen molar-refractivity contribution in [2.24, 2.45) is 0 Å². The van der Waals surface area contributed by atoms with Gasteiger partial charge in [0.25, 0.3) is 5.91 Å². The van der Waals surface area contributed by atoms with E-state index in [1.807, 2.05) is 4.68 Å². The predicted octanol–water partition coefficient (Wildman–Crippen LogP) is 3.64. The molecule has 0 radical (unpaired) electrons. The van der Waals surface area contributed by atoms with Gasteiger partial charge >= 0.3 is 6.61 Å². The highest BCUT2D eigenvalue weighted by molar-refractivity contribution is 5.99. The molecule has 1 saturated carbocycles. The molecule has 1 aliphatic carbocycles. The molecule has 3 aromatic rings. The molecule has 11 heteroatoms. The van der Waals surface area contributed by atoms with Gasteiger partial charge in [0.05, 0.1) is 34.4 Å². The van der Waals surface area contributed by atoms with Crippen molar-refractivity contribution >= 4 is 17.5 Å². The second-order valence-electron chi connectivity index (χ2n) is 10.1. The largest absolute Gasteiger partial charge is 0.417 e. The Bertz CT molecular complexity index is 1450. The maximum Gasteiger partial charge on any atom is 0.388 e. The number of rotatable bonds is 6. The van der Waals surface area contributed by atoms with E-state index in [9.17, 15) is 18.4 Å². The minimum Gasteiger partial charge on any atom is -0.417 e. The van der Waals surface area contributed by atoms with Gasteiger partial charge in [0.1, 0.15) is 0 Å². The third-order valence-corrected chi connectivity index (χ3v) is 7.69. The summed E-state index contributed by atoms with van der Waals surface area (Å²) in [4.78, 5) is 33.6. The van der Waals surface area contributed by atoms with Crippen LogP contribution in [0, 0.1) is 0 Å². The fraction of sp³-hybridized carbons (Fsp3) is 0.357. The van der Waals surface area contributed by atoms with Gasteiger partial charge in [-0.15, -0.1) is 0 Å². The molecule has 1 fully saturated rings. The van der Waals surface area contributed by atoms with Crippen LogP contribution in [0.1, 0.15) is 57.7 Å². The van der Waals surface area contributed by atoms with Crippen molar-refractivity contribution in [2.45, 2.75) is 44.3 Å². The van der Waals surface area contributed by atoms with Crippen LogP contribution in [0.5, 0.6) is 5.88 Å². The van der Waals surface area contributed by atoms with E-state index in [2.05, 4.69) is 40.6 Å². The number of pyridine rings is 1. The second kappa shape index (κ2) is 9.79. The zero-order valence-electron chi connectivity index (χ0n) is 21.2. The van der Waals surface area contributed by atoms with Crippen LogP contribution in [-0.4, -0.2) is 62.6 Å². The van der Waals surface area contributed by atoms with Crippen LogP contribution in [0.3, 0.4) is 0 Å². The summed E-state index contributed by atoms with van der Waals surface area (Å²) in [5.41, 5.74) is 11.2. The van der Waals surface area contributed by atoms with Gasteiger partial charge in [-0.3, -0.25) is 9.59 Å². The van der Waals surface area contributed by atoms with Crippen LogP contribution >= 0.6 is 0 Å². The first kappa shape index (κ1) is 25.0. The third-order valence-electron chi connectivity index (χ3n) is 7.69. The highest BCUT2D eigenvalue weighted by Gasteiger charge is 2.40. The van der Waals surface area contributed by atoms with Gasteiger partial charge in [-0.1, -0.05) is 18.7 Å². The standard InChI is InChI=1S/C28H28F2N6O3/c1-2-25(37)34-11-9-21-26-22(36(33-21)18-7-5-17(6-8-18)16-3-4-16)10-12-35(23(26)15-34)27(38)19-14-32-24(13-20(19)31)39-28(29)30/h2,5-8,13-14,16,23,28H,1,3-4,9-12,15H2,(H2,31,32)/t23-/m0/s1. The van der Waals surface area contributed by atoms with Gasteiger partial charge < -0.3 is 20.3 Å². The Hall–Kier alpha value is -4.28. The van der Waals surface area contributed by atoms with Crippen molar-refractivity contribution in [1.82, 2.24) is 24.6 Å². The molecule has 202 valence electrons. The number of anilines is 1. The Morgan fingerprint density at radius 1 is 1.15 bits per heavy atom. The van der Waals surface area contributed by atoms with E-state index >= 15 is 0 Å². The van der Waals surface area contributed by atoms with Crippen molar-refractivity contribution in [1.29, 1.82) is 0 Å². The molecule has 1 atom stereocenters. The Balaban J connectivity index is 1.37. The first-order valence-corrected chi connectivity index (χ1v) is 13.0. The second-order valence-corrected chi connectivity index (χ2v) is 10.1. The van der Waals surface area contributed by atoms with E-state index in [-0.39, 0.29) is 29.6 Å². The summed E-state index contributed by atoms with van der Waals surface area (Å²) in [5, 5.41) is 4.97. The molecule has 2 amide bonds. The summed E-state index contributed by atoms with van der Waals surface area (Å²) in [7, 11) is 0. The molecule has 2 aromatic heterocycles. The lowest BCUT2D eigenvalue weighted by Gasteiger charge is -2.38. The summed E-state index contributed by atoms with van der Waals surface area (Å²) in [6.07, 6.45) is 5.97. The summed E-state index contributed by atoms with van der Waals surface area (Å²) < 4.78 is 31.5. The van der Waals surface area contributed by atoms with E-state index in [0.717, 1.165) is 34.9 Å². The van der Waals surface area contributed by atoms with E-state index in [1.54, 1.807) is 9.80 Å². The predicted molar refractivity (Wildman–Crippen MR) is 139 cm³/mol. The molecule has 39 heavy (non-hydrogen) atoms. The minimum absolute atomic E-state index is 0.0178. The molecule has 0 bridgehead atoms.